The van der Waals surface area contributed by atoms with Gasteiger partial charge in [0.25, 0.3) is 0 Å². The van der Waals surface area contributed by atoms with Gasteiger partial charge in [0, 0.05) is 76.8 Å². The minimum absolute atomic E-state index is 0.129. The van der Waals surface area contributed by atoms with Crippen LogP contribution in [0.3, 0.4) is 0 Å². The van der Waals surface area contributed by atoms with Gasteiger partial charge >= 0.3 is 0 Å². The van der Waals surface area contributed by atoms with E-state index in [0.717, 1.165) is 96.3 Å². The van der Waals surface area contributed by atoms with Crippen LogP contribution in [-0.4, -0.2) is 112 Å². The van der Waals surface area contributed by atoms with E-state index in [4.69, 9.17) is 24.4 Å². The Morgan fingerprint density at radius 1 is 0.448 bits per heavy atom. The molecule has 0 spiro atoms. The Morgan fingerprint density at radius 3 is 1.09 bits per heavy atom. The largest absolute Gasteiger partial charge is 0.355 e. The van der Waals surface area contributed by atoms with Gasteiger partial charge < -0.3 is 20.4 Å². The van der Waals surface area contributed by atoms with Crippen molar-refractivity contribution in [2.75, 3.05) is 74.5 Å². The predicted molar refractivity (Wildman–Crippen MR) is 283 cm³/mol. The topological polar surface area (TPSA) is 105 Å². The van der Waals surface area contributed by atoms with E-state index in [1.807, 2.05) is 60.7 Å². The van der Waals surface area contributed by atoms with Crippen LogP contribution in [-0.2, 0) is 32.5 Å². The first kappa shape index (κ1) is 48.1. The third kappa shape index (κ3) is 13.4. The molecule has 6 aromatic rings. The van der Waals surface area contributed by atoms with Crippen LogP contribution in [0.2, 0.25) is 0 Å². The summed E-state index contributed by atoms with van der Waals surface area (Å²) in [6.07, 6.45) is 0. The summed E-state index contributed by atoms with van der Waals surface area (Å²) in [4.78, 5) is 35.2. The van der Waals surface area contributed by atoms with Gasteiger partial charge in [0.1, 0.15) is 8.64 Å². The van der Waals surface area contributed by atoms with Crippen LogP contribution in [0.5, 0.6) is 0 Å². The van der Waals surface area contributed by atoms with Gasteiger partial charge in [0.05, 0.1) is 21.3 Å². The van der Waals surface area contributed by atoms with Crippen molar-refractivity contribution in [2.24, 2.45) is 0 Å². The molecule has 0 saturated carbocycles. The molecule has 0 unspecified atom stereocenters. The molecule has 0 aromatic heterocycles. The van der Waals surface area contributed by atoms with Gasteiger partial charge in [-0.15, -0.1) is 0 Å². The zero-order valence-electron chi connectivity index (χ0n) is 37.0. The lowest BCUT2D eigenvalue weighted by Gasteiger charge is -2.35. The van der Waals surface area contributed by atoms with E-state index in [2.05, 4.69) is 78.8 Å². The van der Waals surface area contributed by atoms with E-state index in [0.29, 0.717) is 11.4 Å². The summed E-state index contributed by atoms with van der Waals surface area (Å²) in [5.74, 6) is 0.194. The molecule has 0 aliphatic carbocycles. The van der Waals surface area contributed by atoms with Crippen LogP contribution in [0.15, 0.2) is 168 Å². The molecule has 2 N–H and O–H groups in total. The van der Waals surface area contributed by atoms with Gasteiger partial charge in [-0.1, -0.05) is 157 Å². The van der Waals surface area contributed by atoms with Crippen molar-refractivity contribution >= 4 is 89.6 Å². The van der Waals surface area contributed by atoms with E-state index < -0.39 is 9.84 Å². The minimum atomic E-state index is -3.77. The van der Waals surface area contributed by atoms with Gasteiger partial charge in [-0.25, -0.2) is 8.42 Å². The summed E-state index contributed by atoms with van der Waals surface area (Å²) >= 11 is 14.1. The highest BCUT2D eigenvalue weighted by Crippen LogP contribution is 2.29. The highest BCUT2D eigenvalue weighted by molar-refractivity contribution is 8.23. The molecule has 0 radical (unpaired) electrons. The number of hydrogen-bond donors (Lipinski definition) is 2. The molecule has 344 valence electrons. The normalized spacial score (nSPS) is 14.6. The lowest BCUT2D eigenvalue weighted by molar-refractivity contribution is -0.114. The summed E-state index contributed by atoms with van der Waals surface area (Å²) in [6, 6.07) is 49.5. The molecular weight excluding hydrogens is 933 g/mol. The lowest BCUT2D eigenvalue weighted by atomic mass is 10.1. The van der Waals surface area contributed by atoms with Crippen LogP contribution in [0.25, 0.3) is 22.3 Å². The highest BCUT2D eigenvalue weighted by Gasteiger charge is 2.22. The fourth-order valence-corrected chi connectivity index (χ4v) is 11.3. The molecule has 2 saturated heterocycles. The van der Waals surface area contributed by atoms with Crippen molar-refractivity contribution in [3.05, 3.63) is 169 Å². The molecule has 67 heavy (non-hydrogen) atoms. The first-order valence-corrected chi connectivity index (χ1v) is 26.4. The lowest BCUT2D eigenvalue weighted by Crippen LogP contribution is -2.47. The van der Waals surface area contributed by atoms with Crippen LogP contribution in [0, 0.1) is 0 Å². The standard InChI is InChI=1S/C52H52N6O4S5/c59-49(37-65-51(63)57-31-27-55(28-32-57)35-39-7-3-1-4-8-39)53-45-19-11-41(12-20-45)43-15-23-47(24-16-43)67(61,62)48-25-17-44(18-26-48)42-13-21-46(22-14-42)54-50(60)38-66-52(64)58-33-29-56(30-34-58)36-40-9-5-2-6-10-40/h1-26H,27-38H2,(H,53,59)(H,54,60). The molecule has 2 aliphatic rings. The Hall–Kier alpha value is -5.39. The molecule has 2 fully saturated rings. The third-order valence-corrected chi connectivity index (χ3v) is 16.6. The molecular formula is C52H52N6O4S5. The van der Waals surface area contributed by atoms with Crippen molar-refractivity contribution in [1.29, 1.82) is 0 Å². The number of nitrogens with one attached hydrogen (secondary N) is 2. The number of benzene rings is 6. The van der Waals surface area contributed by atoms with Gasteiger partial charge in [0.2, 0.25) is 21.7 Å². The number of amides is 2. The van der Waals surface area contributed by atoms with E-state index in [9.17, 15) is 18.0 Å². The summed E-state index contributed by atoms with van der Waals surface area (Å²) in [7, 11) is -3.77. The number of rotatable bonds is 14. The number of hydrogen-bond acceptors (Lipinski definition) is 10. The average molecular weight is 985 g/mol. The summed E-state index contributed by atoms with van der Waals surface area (Å²) in [5, 5.41) is 5.92. The molecule has 0 bridgehead atoms. The van der Waals surface area contributed by atoms with Crippen molar-refractivity contribution in [1.82, 2.24) is 19.6 Å². The molecule has 2 aliphatic heterocycles. The Labute approximate surface area is 413 Å². The van der Waals surface area contributed by atoms with Gasteiger partial charge in [-0.05, 0) is 81.9 Å². The van der Waals surface area contributed by atoms with Crippen LogP contribution in [0.1, 0.15) is 11.1 Å². The number of thiocarbonyl (C=S) groups is 2. The summed E-state index contributed by atoms with van der Waals surface area (Å²) in [5.41, 5.74) is 7.43. The molecule has 2 heterocycles. The van der Waals surface area contributed by atoms with Crippen LogP contribution < -0.4 is 10.6 Å². The number of piperazine rings is 2. The first-order valence-electron chi connectivity index (χ1n) is 22.2. The quantitative estimate of drug-likeness (QED) is 0.102. The van der Waals surface area contributed by atoms with E-state index in [-0.39, 0.29) is 33.1 Å². The molecule has 0 atom stereocenters. The maximum atomic E-state index is 13.6. The number of nitrogens with zero attached hydrogens (tertiary/aromatic N) is 4. The van der Waals surface area contributed by atoms with Crippen molar-refractivity contribution in [3.63, 3.8) is 0 Å². The molecule has 6 aromatic carbocycles. The third-order valence-electron chi connectivity index (χ3n) is 11.7. The Kier molecular flexibility index (Phi) is 16.6. The second-order valence-electron chi connectivity index (χ2n) is 16.4. The maximum absolute atomic E-state index is 13.6. The Morgan fingerprint density at radius 2 is 0.761 bits per heavy atom. The highest BCUT2D eigenvalue weighted by atomic mass is 32.2. The second-order valence-corrected chi connectivity index (χ2v) is 21.6. The van der Waals surface area contributed by atoms with Gasteiger partial charge in [-0.3, -0.25) is 19.4 Å². The Bertz CT molecular complexity index is 2550. The molecule has 15 heteroatoms. The average Bonchev–Trinajstić information content (AvgIpc) is 3.36. The van der Waals surface area contributed by atoms with E-state index >= 15 is 0 Å². The first-order chi connectivity index (χ1) is 32.6. The summed E-state index contributed by atoms with van der Waals surface area (Å²) in [6.45, 7) is 8.93. The monoisotopic (exact) mass is 984 g/mol. The van der Waals surface area contributed by atoms with Crippen LogP contribution >= 0.6 is 48.0 Å². The molecule has 8 rings (SSSR count). The Balaban J connectivity index is 0.754. The van der Waals surface area contributed by atoms with E-state index in [1.54, 1.807) is 48.5 Å². The van der Waals surface area contributed by atoms with Gasteiger partial charge in [-0.2, -0.15) is 0 Å². The fraction of sp³-hybridized carbons (Fsp3) is 0.231. The fourth-order valence-electron chi connectivity index (χ4n) is 7.97. The predicted octanol–water partition coefficient (Wildman–Crippen LogP) is 9.40. The number of anilines is 2. The number of carbonyl (C=O) groups excluding carboxylic acids is 2. The smallest absolute Gasteiger partial charge is 0.234 e. The van der Waals surface area contributed by atoms with Gasteiger partial charge in [0.15, 0.2) is 0 Å². The zero-order valence-corrected chi connectivity index (χ0v) is 41.0. The molecule has 2 amide bonds. The minimum Gasteiger partial charge on any atom is -0.355 e. The number of sulfone groups is 1. The zero-order chi connectivity index (χ0) is 46.6. The SMILES string of the molecule is O=C(CSC(=S)N1CCN(Cc2ccccc2)CC1)Nc1ccc(-c2ccc(S(=O)(=O)c3ccc(-c4ccc(NC(=O)CSC(=S)N5CCN(Cc6ccccc6)CC5)cc4)cc3)cc2)cc1. The summed E-state index contributed by atoms with van der Waals surface area (Å²) < 4.78 is 28.8. The van der Waals surface area contributed by atoms with Crippen molar-refractivity contribution in [3.8, 4) is 22.3 Å². The number of carbonyl (C=O) groups is 2. The molecule has 10 nitrogen and oxygen atoms in total. The second kappa shape index (κ2) is 23.1. The maximum Gasteiger partial charge on any atom is 0.234 e. The van der Waals surface area contributed by atoms with Crippen molar-refractivity contribution < 1.29 is 18.0 Å². The van der Waals surface area contributed by atoms with Crippen LogP contribution in [0.4, 0.5) is 11.4 Å². The van der Waals surface area contributed by atoms with E-state index in [1.165, 1.54) is 34.7 Å². The van der Waals surface area contributed by atoms with Crippen molar-refractivity contribution in [2.45, 2.75) is 22.9 Å². The number of thioether (sulfide) groups is 2.